The van der Waals surface area contributed by atoms with Crippen molar-refractivity contribution in [2.45, 2.75) is 13.8 Å². The largest absolute Gasteiger partial charge is 0.740 e. The maximum Gasteiger partial charge on any atom is 0.405 e. The van der Waals surface area contributed by atoms with E-state index in [4.69, 9.17) is 0 Å². The predicted octanol–water partition coefficient (Wildman–Crippen LogP) is 0.518. The summed E-state index contributed by atoms with van der Waals surface area (Å²) < 4.78 is 2.38. The van der Waals surface area contributed by atoms with Crippen molar-refractivity contribution in [1.29, 1.82) is 0 Å². The zero-order chi connectivity index (χ0) is 10.1. The van der Waals surface area contributed by atoms with Crippen molar-refractivity contribution in [1.82, 2.24) is 14.5 Å². The van der Waals surface area contributed by atoms with E-state index < -0.39 is 0 Å². The van der Waals surface area contributed by atoms with Crippen LogP contribution in [0.15, 0.2) is 24.8 Å². The van der Waals surface area contributed by atoms with E-state index in [1.54, 1.807) is 36.3 Å². The first-order chi connectivity index (χ1) is 6.68. The number of rotatable bonds is 1. The molecule has 0 amide bonds. The zero-order valence-electron chi connectivity index (χ0n) is 8.01. The summed E-state index contributed by atoms with van der Waals surface area (Å²) in [5.74, 6) is 0.333. The highest BCUT2D eigenvalue weighted by molar-refractivity contribution is 5.11. The SMILES string of the molecule is Cc1cc(C)[n+]([O-])c(-n2ccnc2)n1. The Morgan fingerprint density at radius 3 is 2.86 bits per heavy atom. The van der Waals surface area contributed by atoms with Crippen molar-refractivity contribution in [3.05, 3.63) is 41.4 Å². The van der Waals surface area contributed by atoms with E-state index in [2.05, 4.69) is 9.97 Å². The fraction of sp³-hybridized carbons (Fsp3) is 0.222. The number of nitrogens with zero attached hydrogens (tertiary/aromatic N) is 4. The maximum absolute atomic E-state index is 11.6. The molecule has 0 saturated carbocycles. The molecule has 0 aliphatic rings. The van der Waals surface area contributed by atoms with Crippen LogP contribution in [0.25, 0.3) is 5.95 Å². The monoisotopic (exact) mass is 190 g/mol. The van der Waals surface area contributed by atoms with Gasteiger partial charge < -0.3 is 5.21 Å². The molecular weight excluding hydrogens is 180 g/mol. The molecule has 5 heteroatoms. The first-order valence-corrected chi connectivity index (χ1v) is 4.24. The second-order valence-corrected chi connectivity index (χ2v) is 3.10. The van der Waals surface area contributed by atoms with Gasteiger partial charge in [-0.25, -0.2) is 9.71 Å². The van der Waals surface area contributed by atoms with Gasteiger partial charge in [0, 0.05) is 6.07 Å². The van der Waals surface area contributed by atoms with Gasteiger partial charge in [-0.1, -0.05) is 4.98 Å². The van der Waals surface area contributed by atoms with Crippen LogP contribution in [-0.2, 0) is 0 Å². The maximum atomic E-state index is 11.6. The molecule has 0 spiro atoms. The van der Waals surface area contributed by atoms with Crippen LogP contribution in [0.3, 0.4) is 0 Å². The van der Waals surface area contributed by atoms with Crippen LogP contribution in [0, 0.1) is 19.1 Å². The number of imidazole rings is 1. The third kappa shape index (κ3) is 1.32. The summed E-state index contributed by atoms with van der Waals surface area (Å²) >= 11 is 0. The van der Waals surface area contributed by atoms with Gasteiger partial charge in [0.25, 0.3) is 0 Å². The van der Waals surface area contributed by atoms with E-state index in [9.17, 15) is 5.21 Å². The molecule has 0 radical (unpaired) electrons. The smallest absolute Gasteiger partial charge is 0.405 e. The topological polar surface area (TPSA) is 57.6 Å². The van der Waals surface area contributed by atoms with Crippen LogP contribution in [0.4, 0.5) is 0 Å². The molecule has 72 valence electrons. The lowest BCUT2D eigenvalue weighted by Gasteiger charge is -2.10. The average molecular weight is 190 g/mol. The highest BCUT2D eigenvalue weighted by atomic mass is 16.5. The van der Waals surface area contributed by atoms with E-state index in [0.29, 0.717) is 11.6 Å². The van der Waals surface area contributed by atoms with Gasteiger partial charge in [0.1, 0.15) is 5.69 Å². The van der Waals surface area contributed by atoms with Crippen molar-refractivity contribution in [3.63, 3.8) is 0 Å². The van der Waals surface area contributed by atoms with E-state index in [-0.39, 0.29) is 0 Å². The minimum Gasteiger partial charge on any atom is -0.740 e. The van der Waals surface area contributed by atoms with Crippen molar-refractivity contribution in [2.75, 3.05) is 0 Å². The summed E-state index contributed by atoms with van der Waals surface area (Å²) in [4.78, 5) is 8.02. The molecule has 0 N–H and O–H groups in total. The number of hydrogen-bond donors (Lipinski definition) is 0. The Kier molecular flexibility index (Phi) is 1.92. The molecule has 0 fully saturated rings. The molecule has 2 aromatic heterocycles. The van der Waals surface area contributed by atoms with Crippen molar-refractivity contribution < 1.29 is 4.73 Å². The van der Waals surface area contributed by atoms with Gasteiger partial charge in [-0.3, -0.25) is 0 Å². The van der Waals surface area contributed by atoms with Crippen LogP contribution in [0.5, 0.6) is 0 Å². The van der Waals surface area contributed by atoms with Gasteiger partial charge in [-0.15, -0.1) is 0 Å². The van der Waals surface area contributed by atoms with Crippen molar-refractivity contribution in [2.24, 2.45) is 0 Å². The molecule has 2 heterocycles. The fourth-order valence-electron chi connectivity index (χ4n) is 1.29. The third-order valence-corrected chi connectivity index (χ3v) is 1.93. The summed E-state index contributed by atoms with van der Waals surface area (Å²) in [6, 6.07) is 1.74. The van der Waals surface area contributed by atoms with Crippen LogP contribution < -0.4 is 4.73 Å². The van der Waals surface area contributed by atoms with Crippen LogP contribution in [0.2, 0.25) is 0 Å². The molecule has 0 unspecified atom stereocenters. The van der Waals surface area contributed by atoms with Crippen molar-refractivity contribution >= 4 is 0 Å². The normalized spacial score (nSPS) is 10.4. The number of aryl methyl sites for hydroxylation is 2. The van der Waals surface area contributed by atoms with E-state index in [1.165, 1.54) is 0 Å². The first-order valence-electron chi connectivity index (χ1n) is 4.24. The quantitative estimate of drug-likeness (QED) is 0.486. The molecule has 2 aromatic rings. The van der Waals surface area contributed by atoms with Crippen molar-refractivity contribution in [3.8, 4) is 5.95 Å². The third-order valence-electron chi connectivity index (χ3n) is 1.93. The van der Waals surface area contributed by atoms with Gasteiger partial charge >= 0.3 is 5.95 Å². The Balaban J connectivity index is 2.64. The summed E-state index contributed by atoms with van der Waals surface area (Å²) in [6.07, 6.45) is 4.85. The highest BCUT2D eigenvalue weighted by Crippen LogP contribution is 2.01. The van der Waals surface area contributed by atoms with Gasteiger partial charge in [0.2, 0.25) is 0 Å². The zero-order valence-corrected chi connectivity index (χ0v) is 8.01. The number of hydrogen-bond acceptors (Lipinski definition) is 3. The molecule has 14 heavy (non-hydrogen) atoms. The first kappa shape index (κ1) is 8.68. The van der Waals surface area contributed by atoms with Gasteiger partial charge in [-0.05, 0) is 13.8 Å². The Hall–Kier alpha value is -1.91. The Morgan fingerprint density at radius 2 is 2.21 bits per heavy atom. The minimum atomic E-state index is 0.333. The van der Waals surface area contributed by atoms with E-state index >= 15 is 0 Å². The highest BCUT2D eigenvalue weighted by Gasteiger charge is 2.12. The molecule has 5 nitrogen and oxygen atoms in total. The molecule has 0 aliphatic carbocycles. The summed E-state index contributed by atoms with van der Waals surface area (Å²) in [5, 5.41) is 11.6. The van der Waals surface area contributed by atoms with Crippen LogP contribution >= 0.6 is 0 Å². The van der Waals surface area contributed by atoms with Gasteiger partial charge in [0.05, 0.1) is 18.1 Å². The van der Waals surface area contributed by atoms with E-state index in [0.717, 1.165) is 10.4 Å². The van der Waals surface area contributed by atoms with Gasteiger partial charge in [-0.2, -0.15) is 4.57 Å². The molecule has 0 bridgehead atoms. The lowest BCUT2D eigenvalue weighted by atomic mass is 10.3. The van der Waals surface area contributed by atoms with Crippen LogP contribution in [-0.4, -0.2) is 14.5 Å². The molecule has 0 aromatic carbocycles. The summed E-state index contributed by atoms with van der Waals surface area (Å²) in [7, 11) is 0. The Labute approximate surface area is 81.3 Å². The second kappa shape index (κ2) is 3.10. The van der Waals surface area contributed by atoms with E-state index in [1.807, 2.05) is 6.92 Å². The lowest BCUT2D eigenvalue weighted by Crippen LogP contribution is -2.36. The molecular formula is C9H10N4O. The Morgan fingerprint density at radius 1 is 1.43 bits per heavy atom. The second-order valence-electron chi connectivity index (χ2n) is 3.10. The standard InChI is InChI=1S/C9H10N4O/c1-7-5-8(2)13(14)9(11-7)12-4-3-10-6-12/h3-6H,1-2H3. The predicted molar refractivity (Wildman–Crippen MR) is 49.8 cm³/mol. The average Bonchev–Trinajstić information content (AvgIpc) is 2.63. The minimum absolute atomic E-state index is 0.333. The lowest BCUT2D eigenvalue weighted by molar-refractivity contribution is -0.609. The summed E-state index contributed by atoms with van der Waals surface area (Å²) in [5.41, 5.74) is 1.44. The molecule has 0 atom stereocenters. The van der Waals surface area contributed by atoms with Crippen LogP contribution in [0.1, 0.15) is 11.4 Å². The summed E-state index contributed by atoms with van der Waals surface area (Å²) in [6.45, 7) is 3.61. The molecule has 0 aliphatic heterocycles. The Bertz CT molecular complexity index is 450. The van der Waals surface area contributed by atoms with Gasteiger partial charge in [0.15, 0.2) is 6.33 Å². The number of aromatic nitrogens is 4. The molecule has 2 rings (SSSR count). The molecule has 0 saturated heterocycles. The fourth-order valence-corrected chi connectivity index (χ4v) is 1.29.